The van der Waals surface area contributed by atoms with Crippen LogP contribution in [0.4, 0.5) is 0 Å². The molecule has 1 unspecified atom stereocenters. The van der Waals surface area contributed by atoms with Crippen LogP contribution in [0.15, 0.2) is 207 Å². The Morgan fingerprint density at radius 1 is 0.288 bits per heavy atom. The van der Waals surface area contributed by atoms with E-state index in [1.165, 1.54) is 0 Å². The van der Waals surface area contributed by atoms with E-state index in [1.54, 1.807) is 6.08 Å². The number of ether oxygens (including phenoxy) is 3. The van der Waals surface area contributed by atoms with Crippen molar-refractivity contribution in [1.82, 2.24) is 0 Å². The average Bonchev–Trinajstić information content (AvgIpc) is 3.39. The van der Waals surface area contributed by atoms with Crippen LogP contribution in [0, 0.1) is 0 Å². The number of carbonyl (C=O) groups excluding carboxylic acids is 3. The molecule has 0 fully saturated rings. The van der Waals surface area contributed by atoms with Crippen molar-refractivity contribution in [2.75, 3.05) is 13.2 Å². The van der Waals surface area contributed by atoms with E-state index in [2.05, 4.69) is 203 Å². The standard InChI is InChI=1S/C67H96O6/c1-4-7-10-13-16-19-22-25-27-28-29-30-31-32-33-34-35-36-37-38-40-42-45-48-51-54-57-60-66(69)72-63-64(62-71-65(68)59-56-53-50-47-44-41-24-21-18-15-12-9-6-3)73-67(70)61-58-55-52-49-46-43-39-26-23-20-17-14-11-8-5-2/h7-12,16-21,25-27,29-30,32-33,35-36,38-41,44-46,48-50,53,55,58,64H,4-6,13-15,22-24,28,31,34,37,42-43,47,51-52,54,56-57,59-63H2,1-3H3/b10-7-,11-8-,12-9-,19-16-,20-17-,21-18-,27-25-,30-29-,33-32-,36-35-,39-26-,40-38-,44-41-,48-45-,49-46-,53-50-,58-55-. The summed E-state index contributed by atoms with van der Waals surface area (Å²) in [5.41, 5.74) is 0. The molecule has 0 aromatic heterocycles. The fraction of sp³-hybridized carbons (Fsp3) is 0.448. The third kappa shape index (κ3) is 56.8. The molecule has 0 rings (SSSR count). The van der Waals surface area contributed by atoms with Gasteiger partial charge in [0, 0.05) is 12.8 Å². The van der Waals surface area contributed by atoms with Gasteiger partial charge in [0.15, 0.2) is 6.10 Å². The smallest absolute Gasteiger partial charge is 0.310 e. The van der Waals surface area contributed by atoms with E-state index in [0.29, 0.717) is 19.3 Å². The molecular weight excluding hydrogens is 901 g/mol. The normalized spacial score (nSPS) is 13.7. The lowest BCUT2D eigenvalue weighted by Gasteiger charge is -2.18. The summed E-state index contributed by atoms with van der Waals surface area (Å²) >= 11 is 0. The molecule has 0 aromatic rings. The van der Waals surface area contributed by atoms with Crippen molar-refractivity contribution in [1.29, 1.82) is 0 Å². The van der Waals surface area contributed by atoms with Crippen LogP contribution in [-0.4, -0.2) is 37.2 Å². The minimum atomic E-state index is -0.893. The van der Waals surface area contributed by atoms with E-state index in [9.17, 15) is 14.4 Å². The van der Waals surface area contributed by atoms with E-state index in [4.69, 9.17) is 14.2 Å². The van der Waals surface area contributed by atoms with Crippen LogP contribution < -0.4 is 0 Å². The summed E-state index contributed by atoms with van der Waals surface area (Å²) in [5.74, 6) is -1.25. The molecule has 0 bridgehead atoms. The molecule has 0 spiro atoms. The summed E-state index contributed by atoms with van der Waals surface area (Å²) in [6, 6.07) is 0. The van der Waals surface area contributed by atoms with Crippen LogP contribution >= 0.6 is 0 Å². The molecule has 400 valence electrons. The number of hydrogen-bond acceptors (Lipinski definition) is 6. The highest BCUT2D eigenvalue weighted by Gasteiger charge is 2.19. The second-order valence-corrected chi connectivity index (χ2v) is 17.0. The molecule has 6 nitrogen and oxygen atoms in total. The minimum Gasteiger partial charge on any atom is -0.462 e. The highest BCUT2D eigenvalue weighted by atomic mass is 16.6. The number of hydrogen-bond donors (Lipinski definition) is 0. The summed E-state index contributed by atoms with van der Waals surface area (Å²) in [6.07, 6.45) is 91.5. The number of unbranched alkanes of at least 4 members (excludes halogenated alkanes) is 2. The first-order valence-electron chi connectivity index (χ1n) is 27.6. The third-order valence-electron chi connectivity index (χ3n) is 10.3. The van der Waals surface area contributed by atoms with Crippen LogP contribution in [0.3, 0.4) is 0 Å². The first-order chi connectivity index (χ1) is 36.0. The Balaban J connectivity index is 4.61. The van der Waals surface area contributed by atoms with Crippen LogP contribution in [0.25, 0.3) is 0 Å². The lowest BCUT2D eigenvalue weighted by molar-refractivity contribution is -0.166. The van der Waals surface area contributed by atoms with E-state index < -0.39 is 18.0 Å². The third-order valence-corrected chi connectivity index (χ3v) is 10.3. The van der Waals surface area contributed by atoms with Crippen LogP contribution in [0.5, 0.6) is 0 Å². The number of allylic oxidation sites excluding steroid dienone is 33. The first kappa shape index (κ1) is 67.0. The molecule has 0 aliphatic rings. The van der Waals surface area contributed by atoms with Gasteiger partial charge in [0.25, 0.3) is 0 Å². The fourth-order valence-corrected chi connectivity index (χ4v) is 6.31. The van der Waals surface area contributed by atoms with Crippen molar-refractivity contribution in [3.63, 3.8) is 0 Å². The maximum atomic E-state index is 12.8. The van der Waals surface area contributed by atoms with Gasteiger partial charge in [-0.25, -0.2) is 0 Å². The molecule has 0 radical (unpaired) electrons. The molecule has 0 aliphatic heterocycles. The van der Waals surface area contributed by atoms with Gasteiger partial charge in [0.05, 0.1) is 6.42 Å². The Labute approximate surface area is 445 Å². The monoisotopic (exact) mass is 997 g/mol. The first-order valence-corrected chi connectivity index (χ1v) is 27.6. The molecule has 0 heterocycles. The predicted octanol–water partition coefficient (Wildman–Crippen LogP) is 18.9. The molecule has 0 aromatic carbocycles. The van der Waals surface area contributed by atoms with Crippen LogP contribution in [0.2, 0.25) is 0 Å². The summed E-state index contributed by atoms with van der Waals surface area (Å²) in [4.78, 5) is 38.0. The number of rotatable bonds is 46. The fourth-order valence-electron chi connectivity index (χ4n) is 6.31. The molecule has 1 atom stereocenters. The van der Waals surface area contributed by atoms with Gasteiger partial charge < -0.3 is 14.2 Å². The molecule has 73 heavy (non-hydrogen) atoms. The van der Waals surface area contributed by atoms with Gasteiger partial charge in [-0.05, 0) is 135 Å². The quantitative estimate of drug-likeness (QED) is 0.0262. The summed E-state index contributed by atoms with van der Waals surface area (Å²) in [5, 5.41) is 0. The molecule has 6 heteroatoms. The van der Waals surface area contributed by atoms with Gasteiger partial charge in [0.2, 0.25) is 0 Å². The molecular formula is C67H96O6. The van der Waals surface area contributed by atoms with Crippen molar-refractivity contribution in [2.24, 2.45) is 0 Å². The SMILES string of the molecule is CC/C=C\C/C=C\C/C=C\C/C=C\C/C=C\C/C=C\C/C=C\C/C=C\CCCCC(=O)OCC(COC(=O)CC/C=C\C/C=C\C/C=C\C/C=C\CC)OC(=O)C/C=C\C/C=C\C/C=C\C/C=C\C/C=C\CC. The zero-order chi connectivity index (χ0) is 52.9. The van der Waals surface area contributed by atoms with Crippen molar-refractivity contribution < 1.29 is 28.6 Å². The lowest BCUT2D eigenvalue weighted by Crippen LogP contribution is -2.30. The van der Waals surface area contributed by atoms with Crippen molar-refractivity contribution >= 4 is 17.9 Å². The van der Waals surface area contributed by atoms with Crippen LogP contribution in [-0.2, 0) is 28.6 Å². The second kappa shape index (κ2) is 58.6. The summed E-state index contributed by atoms with van der Waals surface area (Å²) in [6.45, 7) is 6.06. The summed E-state index contributed by atoms with van der Waals surface area (Å²) < 4.78 is 16.6. The highest BCUT2D eigenvalue weighted by Crippen LogP contribution is 2.08. The van der Waals surface area contributed by atoms with E-state index in [1.807, 2.05) is 18.2 Å². The Kier molecular flexibility index (Phi) is 53.7. The topological polar surface area (TPSA) is 78.9 Å². The van der Waals surface area contributed by atoms with Gasteiger partial charge in [-0.15, -0.1) is 0 Å². The van der Waals surface area contributed by atoms with Gasteiger partial charge in [-0.2, -0.15) is 0 Å². The van der Waals surface area contributed by atoms with Crippen LogP contribution in [0.1, 0.15) is 175 Å². The maximum Gasteiger partial charge on any atom is 0.310 e. The number of esters is 3. The predicted molar refractivity (Wildman–Crippen MR) is 315 cm³/mol. The highest BCUT2D eigenvalue weighted by molar-refractivity contribution is 5.72. The maximum absolute atomic E-state index is 12.8. The molecule has 0 saturated heterocycles. The molecule has 0 amide bonds. The molecule has 0 aliphatic carbocycles. The Morgan fingerprint density at radius 2 is 0.548 bits per heavy atom. The van der Waals surface area contributed by atoms with Gasteiger partial charge in [0.1, 0.15) is 13.2 Å². The Morgan fingerprint density at radius 3 is 0.863 bits per heavy atom. The number of carbonyl (C=O) groups is 3. The zero-order valence-electron chi connectivity index (χ0n) is 45.5. The van der Waals surface area contributed by atoms with Crippen molar-refractivity contribution in [3.8, 4) is 0 Å². The summed E-state index contributed by atoms with van der Waals surface area (Å²) in [7, 11) is 0. The van der Waals surface area contributed by atoms with E-state index >= 15 is 0 Å². The van der Waals surface area contributed by atoms with Gasteiger partial charge >= 0.3 is 17.9 Å². The average molecular weight is 997 g/mol. The van der Waals surface area contributed by atoms with Crippen molar-refractivity contribution in [3.05, 3.63) is 207 Å². The largest absolute Gasteiger partial charge is 0.462 e. The Bertz CT molecular complexity index is 1860. The van der Waals surface area contributed by atoms with Gasteiger partial charge in [-0.3, -0.25) is 14.4 Å². The lowest BCUT2D eigenvalue weighted by atomic mass is 10.2. The zero-order valence-corrected chi connectivity index (χ0v) is 45.5. The second-order valence-electron chi connectivity index (χ2n) is 17.0. The van der Waals surface area contributed by atoms with Gasteiger partial charge in [-0.1, -0.05) is 227 Å². The molecule has 0 saturated carbocycles. The van der Waals surface area contributed by atoms with E-state index in [-0.39, 0.29) is 38.4 Å². The van der Waals surface area contributed by atoms with Crippen molar-refractivity contribution in [2.45, 2.75) is 181 Å². The molecule has 0 N–H and O–H groups in total. The minimum absolute atomic E-state index is 0.0601. The van der Waals surface area contributed by atoms with E-state index in [0.717, 1.165) is 116 Å². The Hall–Kier alpha value is -6.01.